The topological polar surface area (TPSA) is 52.6 Å². The van der Waals surface area contributed by atoms with Crippen molar-refractivity contribution in [1.82, 2.24) is 10.2 Å². The van der Waals surface area contributed by atoms with Gasteiger partial charge >= 0.3 is 0 Å². The zero-order valence-electron chi connectivity index (χ0n) is 11.5. The lowest BCUT2D eigenvalue weighted by Crippen LogP contribution is -2.30. The van der Waals surface area contributed by atoms with E-state index in [2.05, 4.69) is 10.2 Å². The first-order valence-corrected chi connectivity index (χ1v) is 8.19. The third-order valence-electron chi connectivity index (χ3n) is 3.64. The first kappa shape index (κ1) is 14.4. The number of hydrogen-bond acceptors (Lipinski definition) is 5. The first-order valence-electron chi connectivity index (χ1n) is 6.97. The second-order valence-corrected chi connectivity index (χ2v) is 6.80. The second kappa shape index (κ2) is 6.07. The van der Waals surface area contributed by atoms with Crippen molar-refractivity contribution in [3.05, 3.63) is 34.7 Å². The number of carbonyl (C=O) groups excluding carboxylic acids is 1. The van der Waals surface area contributed by atoms with E-state index >= 15 is 0 Å². The summed E-state index contributed by atoms with van der Waals surface area (Å²) < 4.78 is 0.503. The molecule has 2 heterocycles. The largest absolute Gasteiger partial charge is 0.508 e. The van der Waals surface area contributed by atoms with Crippen LogP contribution in [0, 0.1) is 0 Å². The van der Waals surface area contributed by atoms with Crippen molar-refractivity contribution in [2.45, 2.75) is 19.3 Å². The molecule has 0 radical (unpaired) electrons. The van der Waals surface area contributed by atoms with E-state index in [1.807, 2.05) is 12.1 Å². The number of hydrogen-bond donors (Lipinski definition) is 2. The zero-order chi connectivity index (χ0) is 14.8. The Hall–Kier alpha value is -1.53. The number of amides is 1. The minimum Gasteiger partial charge on any atom is -0.508 e. The summed E-state index contributed by atoms with van der Waals surface area (Å²) >= 11 is 6.42. The van der Waals surface area contributed by atoms with Gasteiger partial charge in [-0.1, -0.05) is 24.0 Å². The molecule has 6 heteroatoms. The second-order valence-electron chi connectivity index (χ2n) is 5.12. The number of aromatic hydroxyl groups is 1. The van der Waals surface area contributed by atoms with Gasteiger partial charge in [0.1, 0.15) is 15.0 Å². The molecule has 2 fully saturated rings. The molecule has 21 heavy (non-hydrogen) atoms. The molecule has 0 unspecified atom stereocenters. The minimum atomic E-state index is -0.126. The van der Waals surface area contributed by atoms with Crippen molar-refractivity contribution in [2.24, 2.45) is 0 Å². The summed E-state index contributed by atoms with van der Waals surface area (Å²) in [5.74, 6) is 0.0967. The fraction of sp³-hybridized carbons (Fsp3) is 0.333. The maximum Gasteiger partial charge on any atom is 0.265 e. The number of likely N-dealkylation sites (tertiary alicyclic amines) is 1. The Morgan fingerprint density at radius 1 is 1.19 bits per heavy atom. The molecule has 0 spiro atoms. The number of phenols is 1. The van der Waals surface area contributed by atoms with E-state index in [1.54, 1.807) is 12.1 Å². The van der Waals surface area contributed by atoms with Crippen LogP contribution in [0.1, 0.15) is 24.8 Å². The Bertz CT molecular complexity index is 605. The number of nitrogens with one attached hydrogen (secondary N) is 1. The number of thioether (sulfide) groups is 1. The number of carbonyl (C=O) groups is 1. The SMILES string of the molecule is O=C1NC(=S)S/C1=C(\c1ccc(O)cc1)N1CCCCC1. The molecule has 0 aliphatic carbocycles. The molecule has 1 aromatic carbocycles. The molecular weight excluding hydrogens is 304 g/mol. The van der Waals surface area contributed by atoms with Gasteiger partial charge in [-0.25, -0.2) is 0 Å². The molecule has 2 saturated heterocycles. The van der Waals surface area contributed by atoms with Gasteiger partial charge in [0.15, 0.2) is 0 Å². The van der Waals surface area contributed by atoms with E-state index in [0.29, 0.717) is 9.23 Å². The van der Waals surface area contributed by atoms with Crippen LogP contribution in [0.5, 0.6) is 5.75 Å². The standard InChI is InChI=1S/C15H16N2O2S2/c18-11-6-4-10(5-7-11)12(17-8-2-1-3-9-17)13-14(19)16-15(20)21-13/h4-7,18H,1-3,8-9H2,(H,16,19,20)/b13-12+. The van der Waals surface area contributed by atoms with Crippen LogP contribution < -0.4 is 5.32 Å². The normalized spacial score (nSPS) is 21.4. The highest BCUT2D eigenvalue weighted by Crippen LogP contribution is 2.35. The van der Waals surface area contributed by atoms with Crippen LogP contribution in [0.25, 0.3) is 5.70 Å². The molecule has 1 aromatic rings. The lowest BCUT2D eigenvalue weighted by Gasteiger charge is -2.32. The van der Waals surface area contributed by atoms with Crippen molar-refractivity contribution in [2.75, 3.05) is 13.1 Å². The number of benzene rings is 1. The Labute approximate surface area is 133 Å². The fourth-order valence-electron chi connectivity index (χ4n) is 2.66. The third kappa shape index (κ3) is 3.06. The van der Waals surface area contributed by atoms with E-state index in [4.69, 9.17) is 12.2 Å². The summed E-state index contributed by atoms with van der Waals surface area (Å²) in [6, 6.07) is 6.99. The average Bonchev–Trinajstić information content (AvgIpc) is 2.81. The zero-order valence-corrected chi connectivity index (χ0v) is 13.1. The van der Waals surface area contributed by atoms with Gasteiger partial charge in [0.05, 0.1) is 5.70 Å². The van der Waals surface area contributed by atoms with Crippen molar-refractivity contribution in [3.63, 3.8) is 0 Å². The van der Waals surface area contributed by atoms with Crippen LogP contribution in [0.4, 0.5) is 0 Å². The molecule has 2 N–H and O–H groups in total. The third-order valence-corrected chi connectivity index (χ3v) is 4.87. The maximum absolute atomic E-state index is 12.2. The lowest BCUT2D eigenvalue weighted by atomic mass is 10.1. The minimum absolute atomic E-state index is 0.126. The molecule has 110 valence electrons. The van der Waals surface area contributed by atoms with Gasteiger partial charge in [-0.2, -0.15) is 0 Å². The van der Waals surface area contributed by atoms with Gasteiger partial charge in [0, 0.05) is 13.1 Å². The van der Waals surface area contributed by atoms with Crippen LogP contribution >= 0.6 is 24.0 Å². The smallest absolute Gasteiger partial charge is 0.265 e. The summed E-state index contributed by atoms with van der Waals surface area (Å²) in [5, 5.41) is 12.2. The van der Waals surface area contributed by atoms with Crippen molar-refractivity contribution >= 4 is 39.9 Å². The van der Waals surface area contributed by atoms with Crippen LogP contribution in [0.3, 0.4) is 0 Å². The lowest BCUT2D eigenvalue weighted by molar-refractivity contribution is -0.115. The molecule has 0 atom stereocenters. The van der Waals surface area contributed by atoms with E-state index in [9.17, 15) is 9.90 Å². The first-order chi connectivity index (χ1) is 10.1. The van der Waals surface area contributed by atoms with Crippen molar-refractivity contribution in [1.29, 1.82) is 0 Å². The molecule has 4 nitrogen and oxygen atoms in total. The van der Waals surface area contributed by atoms with Crippen LogP contribution in [-0.4, -0.2) is 33.3 Å². The molecule has 3 rings (SSSR count). The van der Waals surface area contributed by atoms with E-state index in [1.165, 1.54) is 18.2 Å². The number of thiocarbonyl (C=S) groups is 1. The molecular formula is C15H16N2O2S2. The highest BCUT2D eigenvalue weighted by atomic mass is 32.2. The Morgan fingerprint density at radius 2 is 1.86 bits per heavy atom. The van der Waals surface area contributed by atoms with Gasteiger partial charge in [-0.05, 0) is 49.1 Å². The van der Waals surface area contributed by atoms with Gasteiger partial charge in [-0.3, -0.25) is 4.79 Å². The summed E-state index contributed by atoms with van der Waals surface area (Å²) in [6.45, 7) is 1.89. The quantitative estimate of drug-likeness (QED) is 0.648. The molecule has 1 amide bonds. The van der Waals surface area contributed by atoms with Gasteiger partial charge in [0.2, 0.25) is 0 Å². The Balaban J connectivity index is 2.06. The number of nitrogens with zero attached hydrogens (tertiary/aromatic N) is 1. The van der Waals surface area contributed by atoms with Gasteiger partial charge < -0.3 is 15.3 Å². The molecule has 0 saturated carbocycles. The summed E-state index contributed by atoms with van der Waals surface area (Å²) in [6.07, 6.45) is 3.49. The average molecular weight is 320 g/mol. The predicted molar refractivity (Wildman–Crippen MR) is 88.8 cm³/mol. The monoisotopic (exact) mass is 320 g/mol. The number of rotatable bonds is 2. The van der Waals surface area contributed by atoms with Gasteiger partial charge in [0.25, 0.3) is 5.91 Å². The van der Waals surface area contributed by atoms with Crippen molar-refractivity contribution < 1.29 is 9.90 Å². The molecule has 2 aliphatic rings. The summed E-state index contributed by atoms with van der Waals surface area (Å²) in [7, 11) is 0. The van der Waals surface area contributed by atoms with Gasteiger partial charge in [-0.15, -0.1) is 0 Å². The summed E-state index contributed by atoms with van der Waals surface area (Å²) in [5.41, 5.74) is 1.87. The Kier molecular flexibility index (Phi) is 4.17. The Morgan fingerprint density at radius 3 is 2.43 bits per heavy atom. The molecule has 0 bridgehead atoms. The van der Waals surface area contributed by atoms with E-state index in [0.717, 1.165) is 37.2 Å². The molecule has 2 aliphatic heterocycles. The molecule has 0 aromatic heterocycles. The maximum atomic E-state index is 12.2. The van der Waals surface area contributed by atoms with Crippen LogP contribution in [0.2, 0.25) is 0 Å². The highest BCUT2D eigenvalue weighted by molar-refractivity contribution is 8.26. The van der Waals surface area contributed by atoms with E-state index in [-0.39, 0.29) is 11.7 Å². The number of piperidine rings is 1. The van der Waals surface area contributed by atoms with Crippen LogP contribution in [-0.2, 0) is 4.79 Å². The predicted octanol–water partition coefficient (Wildman–Crippen LogP) is 2.69. The number of phenolic OH excluding ortho intramolecular Hbond substituents is 1. The fourth-order valence-corrected chi connectivity index (χ4v) is 3.82. The van der Waals surface area contributed by atoms with Crippen LogP contribution in [0.15, 0.2) is 29.2 Å². The highest BCUT2D eigenvalue weighted by Gasteiger charge is 2.30. The summed E-state index contributed by atoms with van der Waals surface area (Å²) in [4.78, 5) is 15.1. The van der Waals surface area contributed by atoms with E-state index < -0.39 is 0 Å². The van der Waals surface area contributed by atoms with Crippen molar-refractivity contribution in [3.8, 4) is 5.75 Å².